The molecule has 1 aromatic rings. The van der Waals surface area contributed by atoms with Gasteiger partial charge in [-0.1, -0.05) is 0 Å². The highest BCUT2D eigenvalue weighted by atomic mass is 19.1. The first-order chi connectivity index (χ1) is 8.49. The van der Waals surface area contributed by atoms with Crippen LogP contribution in [-0.4, -0.2) is 25.3 Å². The van der Waals surface area contributed by atoms with Crippen molar-refractivity contribution in [1.29, 1.82) is 0 Å². The summed E-state index contributed by atoms with van der Waals surface area (Å²) in [6.07, 6.45) is 0.171. The summed E-state index contributed by atoms with van der Waals surface area (Å²) in [5.41, 5.74) is 6.40. The minimum absolute atomic E-state index is 0.0524. The number of carboxylic acids is 1. The molecule has 1 unspecified atom stereocenters. The normalized spacial score (nSPS) is 12.0. The van der Waals surface area contributed by atoms with Crippen molar-refractivity contribution in [2.24, 2.45) is 5.73 Å². The van der Waals surface area contributed by atoms with Crippen LogP contribution >= 0.6 is 0 Å². The largest absolute Gasteiger partial charge is 0.496 e. The van der Waals surface area contributed by atoms with Crippen LogP contribution in [0.2, 0.25) is 0 Å². The second kappa shape index (κ2) is 6.20. The van der Waals surface area contributed by atoms with Crippen molar-refractivity contribution in [3.8, 4) is 11.5 Å². The van der Waals surface area contributed by atoms with Gasteiger partial charge in [-0.2, -0.15) is 0 Å². The smallest absolute Gasteiger partial charge is 0.303 e. The molecule has 3 N–H and O–H groups in total. The first-order valence-electron chi connectivity index (χ1n) is 5.38. The maximum atomic E-state index is 13.5. The Hall–Kier alpha value is -1.82. The molecule has 100 valence electrons. The van der Waals surface area contributed by atoms with Crippen LogP contribution < -0.4 is 15.2 Å². The van der Waals surface area contributed by atoms with Crippen LogP contribution in [-0.2, 0) is 4.79 Å². The third-order valence-electron chi connectivity index (χ3n) is 2.57. The van der Waals surface area contributed by atoms with Gasteiger partial charge in [0.25, 0.3) is 0 Å². The number of halogens is 1. The lowest BCUT2D eigenvalue weighted by atomic mass is 10.0. The van der Waals surface area contributed by atoms with Crippen LogP contribution in [0.3, 0.4) is 0 Å². The minimum Gasteiger partial charge on any atom is -0.496 e. The van der Waals surface area contributed by atoms with Gasteiger partial charge in [0.05, 0.1) is 14.2 Å². The molecule has 5 nitrogen and oxygen atoms in total. The third-order valence-corrected chi connectivity index (χ3v) is 2.57. The SMILES string of the molecule is COc1cc(C(N)CCC(=O)O)c(OC)cc1F. The van der Waals surface area contributed by atoms with Gasteiger partial charge in [-0.3, -0.25) is 4.79 Å². The molecule has 1 rings (SSSR count). The summed E-state index contributed by atoms with van der Waals surface area (Å²) in [6, 6.07) is 2.06. The zero-order valence-corrected chi connectivity index (χ0v) is 10.3. The number of nitrogens with two attached hydrogens (primary N) is 1. The van der Waals surface area contributed by atoms with Crippen LogP contribution in [0, 0.1) is 5.82 Å². The minimum atomic E-state index is -0.932. The summed E-state index contributed by atoms with van der Waals surface area (Å²) >= 11 is 0. The molecule has 0 spiro atoms. The Morgan fingerprint density at radius 1 is 1.39 bits per heavy atom. The van der Waals surface area contributed by atoms with E-state index in [0.717, 1.165) is 0 Å². The van der Waals surface area contributed by atoms with Crippen LogP contribution in [0.15, 0.2) is 12.1 Å². The van der Waals surface area contributed by atoms with Crippen molar-refractivity contribution >= 4 is 5.97 Å². The topological polar surface area (TPSA) is 81.8 Å². The molecule has 0 saturated heterocycles. The maximum absolute atomic E-state index is 13.5. The molecule has 0 radical (unpaired) electrons. The highest BCUT2D eigenvalue weighted by molar-refractivity contribution is 5.66. The fraction of sp³-hybridized carbons (Fsp3) is 0.417. The summed E-state index contributed by atoms with van der Waals surface area (Å²) in [4.78, 5) is 10.5. The highest BCUT2D eigenvalue weighted by Gasteiger charge is 2.17. The summed E-state index contributed by atoms with van der Waals surface area (Å²) in [5.74, 6) is -1.15. The predicted octanol–water partition coefficient (Wildman–Crippen LogP) is 1.71. The molecule has 0 amide bonds. The number of carboxylic acid groups (broad SMARTS) is 1. The Labute approximate surface area is 104 Å². The number of aliphatic carboxylic acids is 1. The molecular formula is C12H16FNO4. The third kappa shape index (κ3) is 3.33. The van der Waals surface area contributed by atoms with Gasteiger partial charge in [-0.25, -0.2) is 4.39 Å². The van der Waals surface area contributed by atoms with E-state index in [1.165, 1.54) is 26.4 Å². The van der Waals surface area contributed by atoms with Crippen molar-refractivity contribution in [2.75, 3.05) is 14.2 Å². The molecule has 0 fully saturated rings. The summed E-state index contributed by atoms with van der Waals surface area (Å²) < 4.78 is 23.3. The predicted molar refractivity (Wildman–Crippen MR) is 63.3 cm³/mol. The van der Waals surface area contributed by atoms with Gasteiger partial charge in [0, 0.05) is 24.1 Å². The average Bonchev–Trinajstić information content (AvgIpc) is 2.35. The molecule has 0 bridgehead atoms. The quantitative estimate of drug-likeness (QED) is 0.810. The van der Waals surface area contributed by atoms with Crippen molar-refractivity contribution in [3.05, 3.63) is 23.5 Å². The number of methoxy groups -OCH3 is 2. The fourth-order valence-electron chi connectivity index (χ4n) is 1.61. The van der Waals surface area contributed by atoms with Gasteiger partial charge < -0.3 is 20.3 Å². The number of benzene rings is 1. The lowest BCUT2D eigenvalue weighted by molar-refractivity contribution is -0.137. The van der Waals surface area contributed by atoms with Gasteiger partial charge in [0.2, 0.25) is 0 Å². The lowest BCUT2D eigenvalue weighted by Gasteiger charge is -2.16. The molecule has 0 aromatic heterocycles. The monoisotopic (exact) mass is 257 g/mol. The van der Waals surface area contributed by atoms with E-state index < -0.39 is 17.8 Å². The van der Waals surface area contributed by atoms with E-state index in [-0.39, 0.29) is 24.3 Å². The Morgan fingerprint density at radius 2 is 2.00 bits per heavy atom. The molecular weight excluding hydrogens is 241 g/mol. The zero-order valence-electron chi connectivity index (χ0n) is 10.3. The Balaban J connectivity index is 3.01. The number of hydrogen-bond acceptors (Lipinski definition) is 4. The van der Waals surface area contributed by atoms with Crippen molar-refractivity contribution in [2.45, 2.75) is 18.9 Å². The molecule has 6 heteroatoms. The first kappa shape index (κ1) is 14.2. The van der Waals surface area contributed by atoms with Crippen molar-refractivity contribution in [3.63, 3.8) is 0 Å². The molecule has 0 aliphatic rings. The molecule has 0 aliphatic carbocycles. The molecule has 0 heterocycles. The van der Waals surface area contributed by atoms with E-state index in [0.29, 0.717) is 5.56 Å². The second-order valence-corrected chi connectivity index (χ2v) is 3.77. The van der Waals surface area contributed by atoms with Crippen LogP contribution in [0.4, 0.5) is 4.39 Å². The van der Waals surface area contributed by atoms with Crippen molar-refractivity contribution < 1.29 is 23.8 Å². The van der Waals surface area contributed by atoms with Crippen molar-refractivity contribution in [1.82, 2.24) is 0 Å². The van der Waals surface area contributed by atoms with E-state index in [1.807, 2.05) is 0 Å². The molecule has 0 aliphatic heterocycles. The number of ether oxygens (including phenoxy) is 2. The Bertz CT molecular complexity index is 436. The summed E-state index contributed by atoms with van der Waals surface area (Å²) in [5, 5.41) is 8.61. The van der Waals surface area contributed by atoms with E-state index in [1.54, 1.807) is 0 Å². The van der Waals surface area contributed by atoms with Gasteiger partial charge in [0.1, 0.15) is 5.75 Å². The fourth-order valence-corrected chi connectivity index (χ4v) is 1.61. The second-order valence-electron chi connectivity index (χ2n) is 3.77. The van der Waals surface area contributed by atoms with Crippen LogP contribution in [0.1, 0.15) is 24.4 Å². The highest BCUT2D eigenvalue weighted by Crippen LogP contribution is 2.32. The van der Waals surface area contributed by atoms with Gasteiger partial charge >= 0.3 is 5.97 Å². The number of rotatable bonds is 6. The first-order valence-corrected chi connectivity index (χ1v) is 5.38. The van der Waals surface area contributed by atoms with E-state index >= 15 is 0 Å². The summed E-state index contributed by atoms with van der Waals surface area (Å²) in [7, 11) is 2.74. The standard InChI is InChI=1S/C12H16FNO4/c1-17-10-6-8(13)11(18-2)5-7(10)9(14)3-4-12(15)16/h5-6,9H,3-4,14H2,1-2H3,(H,15,16). The maximum Gasteiger partial charge on any atom is 0.303 e. The van der Waals surface area contributed by atoms with E-state index in [9.17, 15) is 9.18 Å². The lowest BCUT2D eigenvalue weighted by Crippen LogP contribution is -2.14. The van der Waals surface area contributed by atoms with Gasteiger partial charge in [0.15, 0.2) is 11.6 Å². The molecule has 1 atom stereocenters. The van der Waals surface area contributed by atoms with E-state index in [2.05, 4.69) is 0 Å². The summed E-state index contributed by atoms with van der Waals surface area (Å²) in [6.45, 7) is 0. The molecule has 0 saturated carbocycles. The Kier molecular flexibility index (Phi) is 4.91. The van der Waals surface area contributed by atoms with E-state index in [4.69, 9.17) is 20.3 Å². The zero-order chi connectivity index (χ0) is 13.7. The molecule has 1 aromatic carbocycles. The average molecular weight is 257 g/mol. The van der Waals surface area contributed by atoms with Crippen LogP contribution in [0.25, 0.3) is 0 Å². The van der Waals surface area contributed by atoms with Gasteiger partial charge in [-0.05, 0) is 12.5 Å². The van der Waals surface area contributed by atoms with Crippen LogP contribution in [0.5, 0.6) is 11.5 Å². The number of carbonyl (C=O) groups is 1. The molecule has 18 heavy (non-hydrogen) atoms. The number of hydrogen-bond donors (Lipinski definition) is 2. The van der Waals surface area contributed by atoms with Gasteiger partial charge in [-0.15, -0.1) is 0 Å². The Morgan fingerprint density at radius 3 is 2.50 bits per heavy atom.